The Morgan fingerprint density at radius 1 is 1.17 bits per heavy atom. The van der Waals surface area contributed by atoms with E-state index in [2.05, 4.69) is 10.1 Å². The minimum Gasteiger partial charge on any atom is -0.356 e. The van der Waals surface area contributed by atoms with Crippen LogP contribution in [0.4, 0.5) is 5.95 Å². The van der Waals surface area contributed by atoms with E-state index in [0.717, 1.165) is 41.8 Å². The molecular formula is C23H27N5O2. The molecule has 2 aromatic heterocycles. The molecule has 0 radical (unpaired) electrons. The second kappa shape index (κ2) is 8.26. The molecular weight excluding hydrogens is 378 g/mol. The van der Waals surface area contributed by atoms with E-state index in [4.69, 9.17) is 9.51 Å². The maximum atomic E-state index is 13.4. The van der Waals surface area contributed by atoms with Gasteiger partial charge in [0.2, 0.25) is 5.95 Å². The fourth-order valence-corrected chi connectivity index (χ4v) is 3.90. The van der Waals surface area contributed by atoms with Gasteiger partial charge in [-0.05, 0) is 45.2 Å². The van der Waals surface area contributed by atoms with Crippen molar-refractivity contribution in [1.29, 1.82) is 0 Å². The molecule has 1 aliphatic heterocycles. The van der Waals surface area contributed by atoms with Crippen molar-refractivity contribution in [1.82, 2.24) is 20.0 Å². The monoisotopic (exact) mass is 405 g/mol. The van der Waals surface area contributed by atoms with E-state index in [1.807, 2.05) is 68.1 Å². The van der Waals surface area contributed by atoms with Crippen LogP contribution in [0.3, 0.4) is 0 Å². The number of amides is 1. The van der Waals surface area contributed by atoms with Crippen molar-refractivity contribution in [2.75, 3.05) is 25.5 Å². The zero-order chi connectivity index (χ0) is 21.3. The lowest BCUT2D eigenvalue weighted by Gasteiger charge is -2.36. The van der Waals surface area contributed by atoms with Crippen molar-refractivity contribution in [3.63, 3.8) is 0 Å². The molecule has 1 atom stereocenters. The molecule has 1 saturated heterocycles. The number of anilines is 1. The molecule has 1 aromatic carbocycles. The van der Waals surface area contributed by atoms with Crippen LogP contribution in [0.25, 0.3) is 11.3 Å². The number of carbonyl (C=O) groups is 1. The smallest absolute Gasteiger partial charge is 0.254 e. The summed E-state index contributed by atoms with van der Waals surface area (Å²) in [6, 6.07) is 9.30. The minimum absolute atomic E-state index is 0.0294. The number of piperidine rings is 1. The Morgan fingerprint density at radius 2 is 1.93 bits per heavy atom. The lowest BCUT2D eigenvalue weighted by molar-refractivity contribution is 0.0606. The molecule has 0 spiro atoms. The van der Waals surface area contributed by atoms with Crippen molar-refractivity contribution in [3.8, 4) is 11.3 Å². The third kappa shape index (κ3) is 3.67. The average molecular weight is 406 g/mol. The summed E-state index contributed by atoms with van der Waals surface area (Å²) in [6.45, 7) is 4.61. The molecule has 1 unspecified atom stereocenters. The number of hydrogen-bond acceptors (Lipinski definition) is 6. The average Bonchev–Trinajstić information content (AvgIpc) is 3.11. The van der Waals surface area contributed by atoms with Crippen LogP contribution in [-0.4, -0.2) is 46.6 Å². The highest BCUT2D eigenvalue weighted by molar-refractivity contribution is 5.94. The third-order valence-electron chi connectivity index (χ3n) is 5.71. The Hall–Kier alpha value is -3.22. The SMILES string of the molecule is Cc1noc(-c2cnc(N(C)C)nc2C2CCCCN2C(=O)c2ccccc2)c1C. The van der Waals surface area contributed by atoms with E-state index in [-0.39, 0.29) is 11.9 Å². The molecule has 156 valence electrons. The first-order valence-electron chi connectivity index (χ1n) is 10.3. The van der Waals surface area contributed by atoms with Gasteiger partial charge in [-0.3, -0.25) is 4.79 Å². The van der Waals surface area contributed by atoms with Gasteiger partial charge in [-0.15, -0.1) is 0 Å². The van der Waals surface area contributed by atoms with Gasteiger partial charge in [-0.2, -0.15) is 0 Å². The fraction of sp³-hybridized carbons (Fsp3) is 0.391. The van der Waals surface area contributed by atoms with Crippen LogP contribution in [0.2, 0.25) is 0 Å². The normalized spacial score (nSPS) is 16.5. The Kier molecular flexibility index (Phi) is 5.53. The van der Waals surface area contributed by atoms with E-state index in [1.54, 1.807) is 6.20 Å². The van der Waals surface area contributed by atoms with Crippen LogP contribution in [0.1, 0.15) is 52.6 Å². The van der Waals surface area contributed by atoms with Crippen LogP contribution in [0.5, 0.6) is 0 Å². The highest BCUT2D eigenvalue weighted by atomic mass is 16.5. The lowest BCUT2D eigenvalue weighted by Crippen LogP contribution is -2.39. The highest BCUT2D eigenvalue weighted by Crippen LogP contribution is 2.38. The summed E-state index contributed by atoms with van der Waals surface area (Å²) in [5, 5.41) is 4.12. The summed E-state index contributed by atoms with van der Waals surface area (Å²) in [4.78, 5) is 26.6. The molecule has 1 aliphatic rings. The second-order valence-corrected chi connectivity index (χ2v) is 7.96. The van der Waals surface area contributed by atoms with Gasteiger partial charge < -0.3 is 14.3 Å². The molecule has 3 heterocycles. The van der Waals surface area contributed by atoms with Crippen LogP contribution >= 0.6 is 0 Å². The van der Waals surface area contributed by atoms with Gasteiger partial charge in [0.1, 0.15) is 0 Å². The van der Waals surface area contributed by atoms with Crippen molar-refractivity contribution in [2.24, 2.45) is 0 Å². The number of rotatable bonds is 4. The molecule has 0 aliphatic carbocycles. The highest BCUT2D eigenvalue weighted by Gasteiger charge is 2.33. The number of carbonyl (C=O) groups excluding carboxylic acids is 1. The largest absolute Gasteiger partial charge is 0.356 e. The third-order valence-corrected chi connectivity index (χ3v) is 5.71. The molecule has 7 heteroatoms. The van der Waals surface area contributed by atoms with Crippen LogP contribution in [-0.2, 0) is 0 Å². The van der Waals surface area contributed by atoms with E-state index in [9.17, 15) is 4.79 Å². The van der Waals surface area contributed by atoms with Crippen molar-refractivity contribution >= 4 is 11.9 Å². The first-order chi connectivity index (χ1) is 14.5. The van der Waals surface area contributed by atoms with E-state index < -0.39 is 0 Å². The van der Waals surface area contributed by atoms with Crippen LogP contribution < -0.4 is 4.90 Å². The molecule has 7 nitrogen and oxygen atoms in total. The van der Waals surface area contributed by atoms with Gasteiger partial charge in [0.25, 0.3) is 5.91 Å². The Balaban J connectivity index is 1.82. The lowest BCUT2D eigenvalue weighted by atomic mass is 9.94. The van der Waals surface area contributed by atoms with Crippen molar-refractivity contribution in [3.05, 3.63) is 59.0 Å². The first kappa shape index (κ1) is 20.1. The number of aryl methyl sites for hydroxylation is 1. The maximum absolute atomic E-state index is 13.4. The Morgan fingerprint density at radius 3 is 2.60 bits per heavy atom. The minimum atomic E-state index is -0.145. The second-order valence-electron chi connectivity index (χ2n) is 7.96. The summed E-state index contributed by atoms with van der Waals surface area (Å²) in [7, 11) is 3.83. The predicted octanol–water partition coefficient (Wildman–Crippen LogP) is 4.18. The predicted molar refractivity (Wildman–Crippen MR) is 115 cm³/mol. The quantitative estimate of drug-likeness (QED) is 0.648. The molecule has 4 rings (SSSR count). The molecule has 1 fully saturated rings. The fourth-order valence-electron chi connectivity index (χ4n) is 3.90. The van der Waals surface area contributed by atoms with Gasteiger partial charge >= 0.3 is 0 Å². The number of benzene rings is 1. The van der Waals surface area contributed by atoms with Gasteiger partial charge in [-0.1, -0.05) is 23.4 Å². The van der Waals surface area contributed by atoms with E-state index in [0.29, 0.717) is 23.8 Å². The zero-order valence-corrected chi connectivity index (χ0v) is 17.9. The first-order valence-corrected chi connectivity index (χ1v) is 10.3. The Labute approximate surface area is 176 Å². The van der Waals surface area contributed by atoms with Gasteiger partial charge in [-0.25, -0.2) is 9.97 Å². The molecule has 1 amide bonds. The zero-order valence-electron chi connectivity index (χ0n) is 17.9. The van der Waals surface area contributed by atoms with Gasteiger partial charge in [0.05, 0.1) is 23.0 Å². The number of aromatic nitrogens is 3. The Bertz CT molecular complexity index is 1050. The molecule has 0 saturated carbocycles. The van der Waals surface area contributed by atoms with Crippen molar-refractivity contribution < 1.29 is 9.32 Å². The summed E-state index contributed by atoms with van der Waals surface area (Å²) in [5.41, 5.74) is 4.12. The topological polar surface area (TPSA) is 75.4 Å². The molecule has 0 N–H and O–H groups in total. The van der Waals surface area contributed by atoms with Gasteiger partial charge in [0, 0.05) is 38.0 Å². The van der Waals surface area contributed by atoms with E-state index in [1.165, 1.54) is 0 Å². The standard InChI is InChI=1S/C23H27N5O2/c1-15-16(2)26-30-21(15)18-14-24-23(27(3)4)25-20(18)19-12-8-9-13-28(19)22(29)17-10-6-5-7-11-17/h5-7,10-11,14,19H,8-9,12-13H2,1-4H3. The summed E-state index contributed by atoms with van der Waals surface area (Å²) in [6.07, 6.45) is 4.67. The number of likely N-dealkylation sites (tertiary alicyclic amines) is 1. The summed E-state index contributed by atoms with van der Waals surface area (Å²) < 4.78 is 5.65. The van der Waals surface area contributed by atoms with Gasteiger partial charge in [0.15, 0.2) is 5.76 Å². The summed E-state index contributed by atoms with van der Waals surface area (Å²) in [5.74, 6) is 1.31. The van der Waals surface area contributed by atoms with Crippen LogP contribution in [0.15, 0.2) is 41.1 Å². The van der Waals surface area contributed by atoms with Crippen molar-refractivity contribution in [2.45, 2.75) is 39.2 Å². The number of nitrogens with zero attached hydrogens (tertiary/aromatic N) is 5. The summed E-state index contributed by atoms with van der Waals surface area (Å²) >= 11 is 0. The molecule has 3 aromatic rings. The maximum Gasteiger partial charge on any atom is 0.254 e. The van der Waals surface area contributed by atoms with Crippen LogP contribution in [0, 0.1) is 13.8 Å². The van der Waals surface area contributed by atoms with E-state index >= 15 is 0 Å². The molecule has 0 bridgehead atoms. The molecule has 30 heavy (non-hydrogen) atoms. The number of hydrogen-bond donors (Lipinski definition) is 0.